The fraction of sp³-hybridized carbons (Fsp3) is 0.500. The first-order chi connectivity index (χ1) is 2.41. The summed E-state index contributed by atoms with van der Waals surface area (Å²) < 4.78 is 0. The minimum absolute atomic E-state index is 0. The summed E-state index contributed by atoms with van der Waals surface area (Å²) in [5.74, 6) is 0. The van der Waals surface area contributed by atoms with Crippen molar-refractivity contribution in [1.29, 1.82) is 0 Å². The first-order valence-electron chi connectivity index (χ1n) is 1.82. The molecule has 0 nitrogen and oxygen atoms in total. The Morgan fingerprint density at radius 1 is 1.67 bits per heavy atom. The molecule has 0 amide bonds. The summed E-state index contributed by atoms with van der Waals surface area (Å²) in [4.78, 5) is 0. The summed E-state index contributed by atoms with van der Waals surface area (Å²) in [6.07, 6.45) is 4.27. The van der Waals surface area contributed by atoms with Gasteiger partial charge in [-0.05, 0) is 0 Å². The van der Waals surface area contributed by atoms with E-state index in [9.17, 15) is 0 Å². The third-order valence-electron chi connectivity index (χ3n) is 0.402. The summed E-state index contributed by atoms with van der Waals surface area (Å²) in [7, 11) is 0. The zero-order chi connectivity index (χ0) is 4.12. The summed E-state index contributed by atoms with van der Waals surface area (Å²) in [6, 6.07) is 0. The monoisotopic (exact) mass is 199 g/mol. The summed E-state index contributed by atoms with van der Waals surface area (Å²) in [5, 5.41) is 1.29. The molecule has 33 valence electrons. The van der Waals surface area contributed by atoms with Gasteiger partial charge in [0.05, 0.1) is 0 Å². The molecule has 0 saturated carbocycles. The zero-order valence-corrected chi connectivity index (χ0v) is 8.66. The summed E-state index contributed by atoms with van der Waals surface area (Å²) >= 11 is 1.39. The van der Waals surface area contributed by atoms with Crippen LogP contribution in [0.1, 0.15) is 6.92 Å². The second kappa shape index (κ2) is 9.28. The minimum atomic E-state index is 0. The van der Waals surface area contributed by atoms with Gasteiger partial charge in [0.15, 0.2) is 0 Å². The van der Waals surface area contributed by atoms with Gasteiger partial charge in [0.2, 0.25) is 0 Å². The SMILES string of the molecule is Br.CC=C[CH2][Zn]. The molecule has 2 heteroatoms. The Hall–Kier alpha value is 0.843. The Kier molecular flexibility index (Phi) is 15.4. The molecular weight excluding hydrogens is 193 g/mol. The van der Waals surface area contributed by atoms with Crippen LogP contribution in [0.5, 0.6) is 0 Å². The second-order valence-electron chi connectivity index (χ2n) is 0.858. The van der Waals surface area contributed by atoms with Gasteiger partial charge in [-0.2, -0.15) is 0 Å². The van der Waals surface area contributed by atoms with Crippen molar-refractivity contribution in [2.75, 3.05) is 0 Å². The Morgan fingerprint density at radius 3 is 2.17 bits per heavy atom. The first-order valence-corrected chi connectivity index (χ1v) is 3.92. The molecule has 0 aromatic heterocycles. The molecule has 0 aliphatic carbocycles. The molecule has 0 bridgehead atoms. The molecule has 0 saturated heterocycles. The van der Waals surface area contributed by atoms with Crippen LogP contribution in [0.2, 0.25) is 5.02 Å². The zero-order valence-electron chi connectivity index (χ0n) is 3.98. The van der Waals surface area contributed by atoms with E-state index in [0.717, 1.165) is 0 Å². The molecule has 6 heavy (non-hydrogen) atoms. The van der Waals surface area contributed by atoms with Crippen LogP contribution in [0.3, 0.4) is 0 Å². The molecule has 0 atom stereocenters. The fourth-order valence-electron chi connectivity index (χ4n) is 0.167. The van der Waals surface area contributed by atoms with Crippen molar-refractivity contribution in [2.45, 2.75) is 11.9 Å². The molecule has 0 rings (SSSR count). The quantitative estimate of drug-likeness (QED) is 0.450. The van der Waals surface area contributed by atoms with Crippen molar-refractivity contribution in [1.82, 2.24) is 0 Å². The van der Waals surface area contributed by atoms with Crippen LogP contribution in [0.4, 0.5) is 0 Å². The number of allylic oxidation sites excluding steroid dienone is 2. The van der Waals surface area contributed by atoms with E-state index in [1.54, 1.807) is 0 Å². The van der Waals surface area contributed by atoms with Crippen molar-refractivity contribution in [3.63, 3.8) is 0 Å². The topological polar surface area (TPSA) is 0 Å². The normalized spacial score (nSPS) is 8.50. The van der Waals surface area contributed by atoms with Gasteiger partial charge in [-0.1, -0.05) is 0 Å². The molecular formula is C4H8BrZn. The average molecular weight is 201 g/mol. The molecule has 0 unspecified atom stereocenters. The van der Waals surface area contributed by atoms with Gasteiger partial charge in [0.25, 0.3) is 0 Å². The van der Waals surface area contributed by atoms with Crippen molar-refractivity contribution in [3.05, 3.63) is 12.2 Å². The van der Waals surface area contributed by atoms with E-state index >= 15 is 0 Å². The number of rotatable bonds is 1. The molecule has 0 aliphatic rings. The van der Waals surface area contributed by atoms with Gasteiger partial charge in [0.1, 0.15) is 0 Å². The van der Waals surface area contributed by atoms with E-state index in [1.165, 1.54) is 23.3 Å². The number of halogens is 1. The van der Waals surface area contributed by atoms with Crippen LogP contribution in [0, 0.1) is 0 Å². The third-order valence-corrected chi connectivity index (χ3v) is 1.10. The van der Waals surface area contributed by atoms with Gasteiger partial charge < -0.3 is 0 Å². The molecule has 0 N–H and O–H groups in total. The van der Waals surface area contributed by atoms with Crippen LogP contribution in [0.25, 0.3) is 0 Å². The van der Waals surface area contributed by atoms with Crippen molar-refractivity contribution >= 4 is 17.0 Å². The van der Waals surface area contributed by atoms with Gasteiger partial charge in [-0.3, -0.25) is 0 Å². The van der Waals surface area contributed by atoms with E-state index in [0.29, 0.717) is 0 Å². The molecule has 0 spiro atoms. The maximum absolute atomic E-state index is 2.18. The third kappa shape index (κ3) is 8.85. The molecule has 0 aromatic rings. The Bertz CT molecular complexity index is 34.5. The first kappa shape index (κ1) is 9.96. The second-order valence-corrected chi connectivity index (χ2v) is 2.07. The maximum atomic E-state index is 2.18. The molecule has 0 aromatic carbocycles. The number of hydrogen-bond donors (Lipinski definition) is 0. The van der Waals surface area contributed by atoms with Crippen LogP contribution in [-0.2, 0) is 18.3 Å². The average Bonchev–Trinajstić information content (AvgIpc) is 1.41. The standard InChI is InChI=1S/C4H7.BrH.Zn/c1-3-4-2;;/h3-4H,1H2,2H3;1H;. The van der Waals surface area contributed by atoms with Gasteiger partial charge in [-0.25, -0.2) is 0 Å². The molecule has 0 radical (unpaired) electrons. The van der Waals surface area contributed by atoms with Crippen molar-refractivity contribution in [3.8, 4) is 0 Å². The summed E-state index contributed by atoms with van der Waals surface area (Å²) in [6.45, 7) is 2.05. The molecule has 0 aliphatic heterocycles. The van der Waals surface area contributed by atoms with E-state index in [-0.39, 0.29) is 17.0 Å². The summed E-state index contributed by atoms with van der Waals surface area (Å²) in [5.41, 5.74) is 0. The predicted octanol–water partition coefficient (Wildman–Crippen LogP) is 2.11. The van der Waals surface area contributed by atoms with Crippen molar-refractivity contribution < 1.29 is 18.3 Å². The van der Waals surface area contributed by atoms with E-state index < -0.39 is 0 Å². The van der Waals surface area contributed by atoms with Crippen LogP contribution in [0.15, 0.2) is 12.2 Å². The van der Waals surface area contributed by atoms with Gasteiger partial charge >= 0.3 is 42.4 Å². The van der Waals surface area contributed by atoms with Gasteiger partial charge in [0, 0.05) is 0 Å². The van der Waals surface area contributed by atoms with Crippen LogP contribution < -0.4 is 0 Å². The van der Waals surface area contributed by atoms with Crippen LogP contribution in [-0.4, -0.2) is 0 Å². The Morgan fingerprint density at radius 2 is 2.17 bits per heavy atom. The fourth-order valence-corrected chi connectivity index (χ4v) is 0.866. The van der Waals surface area contributed by atoms with Gasteiger partial charge in [-0.15, -0.1) is 17.0 Å². The molecule has 0 fully saturated rings. The van der Waals surface area contributed by atoms with Crippen LogP contribution >= 0.6 is 17.0 Å². The Labute approximate surface area is 59.5 Å². The van der Waals surface area contributed by atoms with E-state index in [4.69, 9.17) is 0 Å². The number of hydrogen-bond acceptors (Lipinski definition) is 0. The predicted molar refractivity (Wildman–Crippen MR) is 29.9 cm³/mol. The van der Waals surface area contributed by atoms with E-state index in [1.807, 2.05) is 0 Å². The Balaban J connectivity index is 0. The molecule has 0 heterocycles. The van der Waals surface area contributed by atoms with E-state index in [2.05, 4.69) is 19.1 Å². The van der Waals surface area contributed by atoms with Crippen molar-refractivity contribution in [2.24, 2.45) is 0 Å².